The van der Waals surface area contributed by atoms with E-state index in [4.69, 9.17) is 14.7 Å². The lowest BCUT2D eigenvalue weighted by molar-refractivity contribution is 0.0473. The Hall–Kier alpha value is -3.32. The van der Waals surface area contributed by atoms with E-state index in [1.165, 1.54) is 0 Å². The van der Waals surface area contributed by atoms with Gasteiger partial charge in [0.05, 0.1) is 24.3 Å². The molecule has 0 aliphatic heterocycles. The number of rotatable bonds is 4. The van der Waals surface area contributed by atoms with E-state index in [1.54, 1.807) is 31.4 Å². The van der Waals surface area contributed by atoms with Gasteiger partial charge in [0.2, 0.25) is 0 Å². The van der Waals surface area contributed by atoms with E-state index in [-0.39, 0.29) is 6.61 Å². The molecule has 118 valence electrons. The van der Waals surface area contributed by atoms with Gasteiger partial charge in [0, 0.05) is 0 Å². The van der Waals surface area contributed by atoms with Gasteiger partial charge in [-0.05, 0) is 58.8 Å². The standard InChI is InChI=1S/C20H15NO3/c1-23-19-9-8-17-10-15(4-7-18(17)11-19)13-24-20(22)16-5-2-14(12-21)3-6-16/h2-11H,13H2,1H3. The van der Waals surface area contributed by atoms with Gasteiger partial charge < -0.3 is 9.47 Å². The van der Waals surface area contributed by atoms with Crippen LogP contribution in [0.15, 0.2) is 60.7 Å². The Kier molecular flexibility index (Phi) is 4.44. The largest absolute Gasteiger partial charge is 0.497 e. The van der Waals surface area contributed by atoms with Crippen LogP contribution in [0.4, 0.5) is 0 Å². The van der Waals surface area contributed by atoms with Crippen molar-refractivity contribution < 1.29 is 14.3 Å². The lowest BCUT2D eigenvalue weighted by atomic mass is 10.1. The van der Waals surface area contributed by atoms with Gasteiger partial charge in [-0.15, -0.1) is 0 Å². The fourth-order valence-electron chi connectivity index (χ4n) is 2.40. The second kappa shape index (κ2) is 6.84. The fraction of sp³-hybridized carbons (Fsp3) is 0.100. The van der Waals surface area contributed by atoms with Crippen LogP contribution in [-0.2, 0) is 11.3 Å². The van der Waals surface area contributed by atoms with Crippen molar-refractivity contribution in [2.75, 3.05) is 7.11 Å². The maximum atomic E-state index is 12.0. The van der Waals surface area contributed by atoms with Crippen LogP contribution in [-0.4, -0.2) is 13.1 Å². The molecule has 0 aliphatic carbocycles. The van der Waals surface area contributed by atoms with Gasteiger partial charge in [0.25, 0.3) is 0 Å². The van der Waals surface area contributed by atoms with E-state index in [0.717, 1.165) is 22.1 Å². The summed E-state index contributed by atoms with van der Waals surface area (Å²) in [6.07, 6.45) is 0. The molecule has 3 aromatic rings. The monoisotopic (exact) mass is 317 g/mol. The summed E-state index contributed by atoms with van der Waals surface area (Å²) < 4.78 is 10.5. The molecule has 0 spiro atoms. The average molecular weight is 317 g/mol. The summed E-state index contributed by atoms with van der Waals surface area (Å²) in [5, 5.41) is 10.9. The third-order valence-electron chi connectivity index (χ3n) is 3.73. The van der Waals surface area contributed by atoms with Gasteiger partial charge in [-0.1, -0.05) is 18.2 Å². The van der Waals surface area contributed by atoms with Gasteiger partial charge in [-0.2, -0.15) is 5.26 Å². The molecule has 0 bridgehead atoms. The molecular formula is C20H15NO3. The molecule has 0 fully saturated rings. The molecule has 24 heavy (non-hydrogen) atoms. The van der Waals surface area contributed by atoms with Crippen molar-refractivity contribution >= 4 is 16.7 Å². The van der Waals surface area contributed by atoms with Gasteiger partial charge >= 0.3 is 5.97 Å². The van der Waals surface area contributed by atoms with Crippen molar-refractivity contribution in [1.29, 1.82) is 5.26 Å². The molecule has 0 aromatic heterocycles. The zero-order chi connectivity index (χ0) is 16.9. The highest BCUT2D eigenvalue weighted by molar-refractivity contribution is 5.89. The number of ether oxygens (including phenoxy) is 2. The summed E-state index contributed by atoms with van der Waals surface area (Å²) in [6, 6.07) is 20.1. The number of carbonyl (C=O) groups excluding carboxylic acids is 1. The average Bonchev–Trinajstić information content (AvgIpc) is 2.65. The van der Waals surface area contributed by atoms with Crippen LogP contribution in [0.5, 0.6) is 5.75 Å². The van der Waals surface area contributed by atoms with Crippen LogP contribution in [0.25, 0.3) is 10.8 Å². The number of benzene rings is 3. The SMILES string of the molecule is COc1ccc2cc(COC(=O)c3ccc(C#N)cc3)ccc2c1. The molecule has 3 rings (SSSR count). The molecule has 4 nitrogen and oxygen atoms in total. The molecule has 0 saturated heterocycles. The van der Waals surface area contributed by atoms with Crippen molar-refractivity contribution in [3.63, 3.8) is 0 Å². The second-order valence-corrected chi connectivity index (χ2v) is 5.31. The number of methoxy groups -OCH3 is 1. The van der Waals surface area contributed by atoms with Gasteiger partial charge in [-0.25, -0.2) is 4.79 Å². The van der Waals surface area contributed by atoms with Gasteiger partial charge in [0.1, 0.15) is 12.4 Å². The van der Waals surface area contributed by atoms with E-state index < -0.39 is 5.97 Å². The summed E-state index contributed by atoms with van der Waals surface area (Å²) in [6.45, 7) is 0.195. The Balaban J connectivity index is 1.70. The minimum absolute atomic E-state index is 0.195. The van der Waals surface area contributed by atoms with Crippen LogP contribution >= 0.6 is 0 Å². The minimum atomic E-state index is -0.408. The highest BCUT2D eigenvalue weighted by atomic mass is 16.5. The first-order valence-electron chi connectivity index (χ1n) is 7.43. The third-order valence-corrected chi connectivity index (χ3v) is 3.73. The zero-order valence-electron chi connectivity index (χ0n) is 13.2. The molecule has 0 amide bonds. The lowest BCUT2D eigenvalue weighted by Gasteiger charge is -2.07. The Labute approximate surface area is 139 Å². The van der Waals surface area contributed by atoms with E-state index in [9.17, 15) is 4.79 Å². The van der Waals surface area contributed by atoms with E-state index in [0.29, 0.717) is 11.1 Å². The fourth-order valence-corrected chi connectivity index (χ4v) is 2.40. The zero-order valence-corrected chi connectivity index (χ0v) is 13.2. The Morgan fingerprint density at radius 3 is 2.42 bits per heavy atom. The smallest absolute Gasteiger partial charge is 0.338 e. The molecule has 0 N–H and O–H groups in total. The number of hydrogen-bond acceptors (Lipinski definition) is 4. The number of esters is 1. The number of hydrogen-bond donors (Lipinski definition) is 0. The maximum Gasteiger partial charge on any atom is 0.338 e. The van der Waals surface area contributed by atoms with Crippen LogP contribution in [0.1, 0.15) is 21.5 Å². The van der Waals surface area contributed by atoms with Crippen LogP contribution < -0.4 is 4.74 Å². The summed E-state index contributed by atoms with van der Waals surface area (Å²) in [5.41, 5.74) is 1.85. The first-order chi connectivity index (χ1) is 11.7. The van der Waals surface area contributed by atoms with Crippen LogP contribution in [0.3, 0.4) is 0 Å². The van der Waals surface area contributed by atoms with Gasteiger partial charge in [-0.3, -0.25) is 0 Å². The van der Waals surface area contributed by atoms with E-state index in [2.05, 4.69) is 0 Å². The lowest BCUT2D eigenvalue weighted by Crippen LogP contribution is -2.05. The van der Waals surface area contributed by atoms with Crippen molar-refractivity contribution in [3.8, 4) is 11.8 Å². The summed E-state index contributed by atoms with van der Waals surface area (Å²) in [4.78, 5) is 12.0. The number of nitriles is 1. The third kappa shape index (κ3) is 3.36. The predicted molar refractivity (Wildman–Crippen MR) is 90.8 cm³/mol. The van der Waals surface area contributed by atoms with E-state index >= 15 is 0 Å². The number of carbonyl (C=O) groups is 1. The second-order valence-electron chi connectivity index (χ2n) is 5.31. The highest BCUT2D eigenvalue weighted by Gasteiger charge is 2.08. The van der Waals surface area contributed by atoms with Crippen LogP contribution in [0, 0.1) is 11.3 Å². The molecule has 3 aromatic carbocycles. The summed E-state index contributed by atoms with van der Waals surface area (Å²) in [5.74, 6) is 0.400. The van der Waals surface area contributed by atoms with Crippen molar-refractivity contribution in [2.45, 2.75) is 6.61 Å². The quantitative estimate of drug-likeness (QED) is 0.680. The molecule has 4 heteroatoms. The van der Waals surface area contributed by atoms with Crippen molar-refractivity contribution in [3.05, 3.63) is 77.4 Å². The van der Waals surface area contributed by atoms with Crippen LogP contribution in [0.2, 0.25) is 0 Å². The summed E-state index contributed by atoms with van der Waals surface area (Å²) >= 11 is 0. The minimum Gasteiger partial charge on any atom is -0.497 e. The normalized spacial score (nSPS) is 10.2. The highest BCUT2D eigenvalue weighted by Crippen LogP contribution is 2.22. The number of nitrogens with zero attached hydrogens (tertiary/aromatic N) is 1. The topological polar surface area (TPSA) is 59.3 Å². The Morgan fingerprint density at radius 1 is 1.00 bits per heavy atom. The summed E-state index contributed by atoms with van der Waals surface area (Å²) in [7, 11) is 1.64. The molecule has 0 atom stereocenters. The first kappa shape index (κ1) is 15.6. The van der Waals surface area contributed by atoms with Gasteiger partial charge in [0.15, 0.2) is 0 Å². The molecule has 0 radical (unpaired) electrons. The molecule has 0 aliphatic rings. The molecule has 0 saturated carbocycles. The number of fused-ring (bicyclic) bond motifs is 1. The van der Waals surface area contributed by atoms with Crippen molar-refractivity contribution in [2.24, 2.45) is 0 Å². The van der Waals surface area contributed by atoms with E-state index in [1.807, 2.05) is 42.5 Å². The molecular weight excluding hydrogens is 302 g/mol. The first-order valence-corrected chi connectivity index (χ1v) is 7.43. The van der Waals surface area contributed by atoms with Crippen molar-refractivity contribution in [1.82, 2.24) is 0 Å². The predicted octanol–water partition coefficient (Wildman–Crippen LogP) is 4.08. The Bertz CT molecular complexity index is 924. The Morgan fingerprint density at radius 2 is 1.71 bits per heavy atom. The maximum absolute atomic E-state index is 12.0. The molecule has 0 heterocycles. The molecule has 0 unspecified atom stereocenters.